The van der Waals surface area contributed by atoms with E-state index in [2.05, 4.69) is 0 Å². The molecule has 1 saturated heterocycles. The van der Waals surface area contributed by atoms with Crippen LogP contribution in [0.3, 0.4) is 0 Å². The monoisotopic (exact) mass is 491 g/mol. The van der Waals surface area contributed by atoms with Crippen LogP contribution in [0, 0.1) is 6.92 Å². The summed E-state index contributed by atoms with van der Waals surface area (Å²) in [4.78, 5) is 28.3. The second-order valence-electron chi connectivity index (χ2n) is 8.69. The zero-order valence-corrected chi connectivity index (χ0v) is 20.4. The summed E-state index contributed by atoms with van der Waals surface area (Å²) in [5.74, 6) is -0.217. The Kier molecular flexibility index (Phi) is 6.47. The fraction of sp³-hybridized carbons (Fsp3) is 0.0968. The molecular weight excluding hydrogens is 466 g/mol. The van der Waals surface area contributed by atoms with Crippen molar-refractivity contribution in [2.24, 2.45) is 0 Å². The highest BCUT2D eigenvalue weighted by Gasteiger charge is 2.47. The Balaban J connectivity index is 1.69. The fourth-order valence-electron chi connectivity index (χ4n) is 4.48. The number of nitrogens with zero attached hydrogens (tertiary/aromatic N) is 1. The predicted molar refractivity (Wildman–Crippen MR) is 142 cm³/mol. The number of ketones is 1. The molecule has 0 spiro atoms. The van der Waals surface area contributed by atoms with Crippen LogP contribution in [0.1, 0.15) is 22.7 Å². The number of benzene rings is 4. The average Bonchev–Trinajstić information content (AvgIpc) is 3.19. The van der Waals surface area contributed by atoms with Gasteiger partial charge in [-0.3, -0.25) is 14.5 Å². The van der Waals surface area contributed by atoms with Crippen LogP contribution in [-0.2, 0) is 9.59 Å². The molecule has 184 valence electrons. The molecule has 6 heteroatoms. The maximum Gasteiger partial charge on any atom is 0.300 e. The Labute approximate surface area is 215 Å². The first kappa shape index (κ1) is 23.9. The van der Waals surface area contributed by atoms with Gasteiger partial charge in [0.25, 0.3) is 11.7 Å². The summed E-state index contributed by atoms with van der Waals surface area (Å²) >= 11 is 0. The molecule has 0 saturated carbocycles. The van der Waals surface area contributed by atoms with Crippen molar-refractivity contribution in [2.75, 3.05) is 12.0 Å². The second-order valence-corrected chi connectivity index (χ2v) is 8.69. The highest BCUT2D eigenvalue weighted by atomic mass is 16.5. The van der Waals surface area contributed by atoms with Crippen LogP contribution in [0.2, 0.25) is 0 Å². The van der Waals surface area contributed by atoms with Gasteiger partial charge in [-0.25, -0.2) is 0 Å². The molecule has 1 N–H and O–H groups in total. The molecule has 0 bridgehead atoms. The normalized spacial score (nSPS) is 16.6. The smallest absolute Gasteiger partial charge is 0.300 e. The number of carbonyl (C=O) groups excluding carboxylic acids is 2. The van der Waals surface area contributed by atoms with Gasteiger partial charge in [0.05, 0.1) is 24.3 Å². The largest absolute Gasteiger partial charge is 0.507 e. The summed E-state index contributed by atoms with van der Waals surface area (Å²) in [6, 6.07) is 29.8. The number of ether oxygens (including phenoxy) is 2. The van der Waals surface area contributed by atoms with Crippen LogP contribution in [0.25, 0.3) is 5.76 Å². The number of Topliss-reactive ketones (excluding diaryl/α,β-unsaturated/α-hetero) is 1. The zero-order valence-electron chi connectivity index (χ0n) is 20.4. The average molecular weight is 492 g/mol. The molecular formula is C31H25NO5. The molecule has 4 aromatic rings. The van der Waals surface area contributed by atoms with E-state index in [9.17, 15) is 14.7 Å². The highest BCUT2D eigenvalue weighted by molar-refractivity contribution is 6.51. The van der Waals surface area contributed by atoms with Crippen LogP contribution in [0.15, 0.2) is 109 Å². The molecule has 4 aromatic carbocycles. The Hall–Kier alpha value is -4.84. The molecule has 0 aromatic heterocycles. The molecule has 6 nitrogen and oxygen atoms in total. The van der Waals surface area contributed by atoms with Crippen molar-refractivity contribution >= 4 is 23.1 Å². The predicted octanol–water partition coefficient (Wildman–Crippen LogP) is 6.42. The van der Waals surface area contributed by atoms with Gasteiger partial charge >= 0.3 is 0 Å². The quantitative estimate of drug-likeness (QED) is 0.191. The van der Waals surface area contributed by atoms with Gasteiger partial charge in [0.1, 0.15) is 23.0 Å². The van der Waals surface area contributed by atoms with Gasteiger partial charge in [-0.2, -0.15) is 0 Å². The van der Waals surface area contributed by atoms with E-state index in [1.54, 1.807) is 54.6 Å². The number of para-hydroxylation sites is 2. The van der Waals surface area contributed by atoms with Gasteiger partial charge in [-0.15, -0.1) is 0 Å². The number of anilines is 1. The number of amides is 1. The van der Waals surface area contributed by atoms with E-state index >= 15 is 0 Å². The van der Waals surface area contributed by atoms with Crippen molar-refractivity contribution in [3.63, 3.8) is 0 Å². The van der Waals surface area contributed by atoms with Crippen molar-refractivity contribution in [3.05, 3.63) is 125 Å². The maximum atomic E-state index is 13.4. The van der Waals surface area contributed by atoms with Gasteiger partial charge in [0.15, 0.2) is 0 Å². The number of hydrogen-bond acceptors (Lipinski definition) is 5. The van der Waals surface area contributed by atoms with Crippen molar-refractivity contribution < 1.29 is 24.2 Å². The van der Waals surface area contributed by atoms with E-state index in [1.807, 2.05) is 55.5 Å². The molecule has 1 aliphatic rings. The van der Waals surface area contributed by atoms with Crippen LogP contribution >= 0.6 is 0 Å². The van der Waals surface area contributed by atoms with Crippen LogP contribution in [-0.4, -0.2) is 23.9 Å². The van der Waals surface area contributed by atoms with Crippen molar-refractivity contribution in [1.82, 2.24) is 0 Å². The van der Waals surface area contributed by atoms with E-state index in [0.717, 1.165) is 5.56 Å². The van der Waals surface area contributed by atoms with Crippen LogP contribution < -0.4 is 14.4 Å². The van der Waals surface area contributed by atoms with E-state index in [1.165, 1.54) is 12.0 Å². The number of methoxy groups -OCH3 is 1. The molecule has 37 heavy (non-hydrogen) atoms. The molecule has 1 atom stereocenters. The Morgan fingerprint density at radius 2 is 1.49 bits per heavy atom. The number of aliphatic hydroxyl groups is 1. The van der Waals surface area contributed by atoms with Crippen LogP contribution in [0.4, 0.5) is 5.69 Å². The van der Waals surface area contributed by atoms with Gasteiger partial charge < -0.3 is 14.6 Å². The fourth-order valence-corrected chi connectivity index (χ4v) is 4.48. The first-order valence-corrected chi connectivity index (χ1v) is 11.8. The van der Waals surface area contributed by atoms with Gasteiger partial charge in [-0.05, 0) is 61.0 Å². The Bertz CT molecular complexity index is 1490. The molecule has 1 heterocycles. The van der Waals surface area contributed by atoms with Gasteiger partial charge in [-0.1, -0.05) is 60.2 Å². The first-order chi connectivity index (χ1) is 18.0. The lowest BCUT2D eigenvalue weighted by atomic mass is 9.94. The number of aryl methyl sites for hydroxylation is 1. The molecule has 0 radical (unpaired) electrons. The van der Waals surface area contributed by atoms with E-state index in [0.29, 0.717) is 34.1 Å². The molecule has 1 amide bonds. The van der Waals surface area contributed by atoms with E-state index in [-0.39, 0.29) is 11.3 Å². The molecule has 5 rings (SSSR count). The summed E-state index contributed by atoms with van der Waals surface area (Å²) in [5, 5.41) is 11.4. The summed E-state index contributed by atoms with van der Waals surface area (Å²) in [7, 11) is 1.49. The number of aliphatic hydroxyl groups excluding tert-OH is 1. The number of carbonyl (C=O) groups is 2. The number of hydrogen-bond donors (Lipinski definition) is 1. The van der Waals surface area contributed by atoms with Crippen LogP contribution in [0.5, 0.6) is 17.2 Å². The van der Waals surface area contributed by atoms with E-state index < -0.39 is 17.7 Å². The zero-order chi connectivity index (χ0) is 25.9. The Morgan fingerprint density at radius 3 is 2.22 bits per heavy atom. The first-order valence-electron chi connectivity index (χ1n) is 11.8. The third-order valence-electron chi connectivity index (χ3n) is 6.27. The molecule has 0 aliphatic carbocycles. The third-order valence-corrected chi connectivity index (χ3v) is 6.27. The minimum atomic E-state index is -0.882. The maximum absolute atomic E-state index is 13.4. The van der Waals surface area contributed by atoms with E-state index in [4.69, 9.17) is 9.47 Å². The minimum absolute atomic E-state index is 0.0214. The summed E-state index contributed by atoms with van der Waals surface area (Å²) in [6.45, 7) is 1.95. The molecule has 1 unspecified atom stereocenters. The van der Waals surface area contributed by atoms with Gasteiger partial charge in [0, 0.05) is 5.69 Å². The van der Waals surface area contributed by atoms with Crippen molar-refractivity contribution in [1.29, 1.82) is 0 Å². The molecule has 1 fully saturated rings. The lowest BCUT2D eigenvalue weighted by Gasteiger charge is -2.26. The standard InChI is InChI=1S/C31H25NO5/c1-20-15-17-22(18-16-20)32-28(21-9-8-12-24(19-21)37-23-10-4-3-5-11-23)27(30(34)31(32)35)29(33)25-13-6-7-14-26(25)36-2/h3-19,28,33H,1-2H3/b29-27-. The topological polar surface area (TPSA) is 76.1 Å². The lowest BCUT2D eigenvalue weighted by Crippen LogP contribution is -2.29. The highest BCUT2D eigenvalue weighted by Crippen LogP contribution is 2.44. The minimum Gasteiger partial charge on any atom is -0.507 e. The lowest BCUT2D eigenvalue weighted by molar-refractivity contribution is -0.132. The van der Waals surface area contributed by atoms with Gasteiger partial charge in [0.2, 0.25) is 0 Å². The second kappa shape index (κ2) is 10.0. The summed E-state index contributed by atoms with van der Waals surface area (Å²) in [6.07, 6.45) is 0. The third kappa shape index (κ3) is 4.57. The number of rotatable bonds is 6. The summed E-state index contributed by atoms with van der Waals surface area (Å²) < 4.78 is 11.4. The van der Waals surface area contributed by atoms with Crippen molar-refractivity contribution in [2.45, 2.75) is 13.0 Å². The Morgan fingerprint density at radius 1 is 0.811 bits per heavy atom. The molecule has 1 aliphatic heterocycles. The summed E-state index contributed by atoms with van der Waals surface area (Å²) in [5.41, 5.74) is 2.49. The SMILES string of the molecule is COc1ccccc1/C(O)=C1/C(=O)C(=O)N(c2ccc(C)cc2)C1c1cccc(Oc2ccccc2)c1. The van der Waals surface area contributed by atoms with Crippen molar-refractivity contribution in [3.8, 4) is 17.2 Å².